The van der Waals surface area contributed by atoms with Crippen molar-refractivity contribution in [3.8, 4) is 0 Å². The van der Waals surface area contributed by atoms with E-state index in [9.17, 15) is 14.4 Å². The Morgan fingerprint density at radius 1 is 1.32 bits per heavy atom. The number of nitrogens with one attached hydrogen (secondary N) is 3. The van der Waals surface area contributed by atoms with Gasteiger partial charge in [0, 0.05) is 15.7 Å². The molecule has 0 aliphatic heterocycles. The molecule has 2 aromatic rings. The normalized spacial score (nSPS) is 10.2. The average Bonchev–Trinajstić information content (AvgIpc) is 2.32. The Morgan fingerprint density at radius 2 is 2.05 bits per heavy atom. The zero-order valence-electron chi connectivity index (χ0n) is 9.29. The maximum absolute atomic E-state index is 11.9. The fourth-order valence-electron chi connectivity index (χ4n) is 1.36. The molecule has 0 atom stereocenters. The number of aromatic amines is 2. The van der Waals surface area contributed by atoms with E-state index in [2.05, 4.69) is 26.2 Å². The highest BCUT2D eigenvalue weighted by atomic mass is 79.9. The van der Waals surface area contributed by atoms with Crippen LogP contribution in [0, 0.1) is 0 Å². The van der Waals surface area contributed by atoms with Gasteiger partial charge in [-0.2, -0.15) is 0 Å². The van der Waals surface area contributed by atoms with Gasteiger partial charge in [0.2, 0.25) is 0 Å². The molecule has 0 radical (unpaired) electrons. The molecule has 0 aliphatic rings. The van der Waals surface area contributed by atoms with Gasteiger partial charge < -0.3 is 10.3 Å². The van der Waals surface area contributed by atoms with Gasteiger partial charge in [0.15, 0.2) is 0 Å². The van der Waals surface area contributed by atoms with Gasteiger partial charge in [-0.05, 0) is 34.1 Å². The van der Waals surface area contributed by atoms with E-state index in [-0.39, 0.29) is 5.56 Å². The molecule has 0 aliphatic carbocycles. The number of benzene rings is 1. The zero-order chi connectivity index (χ0) is 14.0. The predicted molar refractivity (Wildman–Crippen MR) is 74.8 cm³/mol. The van der Waals surface area contributed by atoms with E-state index < -0.39 is 17.2 Å². The third-order valence-corrected chi connectivity index (χ3v) is 3.13. The van der Waals surface area contributed by atoms with E-state index in [1.54, 1.807) is 18.2 Å². The molecule has 0 bridgehead atoms. The monoisotopic (exact) mass is 343 g/mol. The summed E-state index contributed by atoms with van der Waals surface area (Å²) >= 11 is 9.01. The molecule has 3 N–H and O–H groups in total. The van der Waals surface area contributed by atoms with E-state index in [0.717, 1.165) is 6.20 Å². The summed E-state index contributed by atoms with van der Waals surface area (Å²) < 4.78 is 0.578. The van der Waals surface area contributed by atoms with Crippen molar-refractivity contribution in [3.63, 3.8) is 0 Å². The summed E-state index contributed by atoms with van der Waals surface area (Å²) in [5.41, 5.74) is -1.16. The van der Waals surface area contributed by atoms with Crippen LogP contribution in [0.15, 0.2) is 38.5 Å². The topological polar surface area (TPSA) is 94.8 Å². The molecule has 8 heteroatoms. The minimum Gasteiger partial charge on any atom is -0.321 e. The lowest BCUT2D eigenvalue weighted by molar-refractivity contribution is 0.102. The summed E-state index contributed by atoms with van der Waals surface area (Å²) in [5.74, 6) is -0.638. The molecule has 1 amide bonds. The number of carbonyl (C=O) groups is 1. The van der Waals surface area contributed by atoms with Gasteiger partial charge in [-0.3, -0.25) is 14.6 Å². The largest absolute Gasteiger partial charge is 0.325 e. The van der Waals surface area contributed by atoms with Crippen LogP contribution in [0.1, 0.15) is 10.4 Å². The number of anilines is 1. The Balaban J connectivity index is 2.31. The molecule has 0 saturated heterocycles. The standard InChI is InChI=1S/C11H7BrClN3O3/c12-7-3-5(13)1-2-8(7)15-9(17)6-4-14-11(19)16-10(6)18/h1-4H,(H,15,17)(H2,14,16,18,19). The molecule has 0 unspecified atom stereocenters. The molecule has 0 fully saturated rings. The molecule has 98 valence electrons. The molecule has 0 spiro atoms. The van der Waals surface area contributed by atoms with Crippen molar-refractivity contribution in [1.82, 2.24) is 9.97 Å². The van der Waals surface area contributed by atoms with Crippen LogP contribution >= 0.6 is 27.5 Å². The molecule has 0 saturated carbocycles. The minimum atomic E-state index is -0.758. The summed E-state index contributed by atoms with van der Waals surface area (Å²) in [6.45, 7) is 0. The minimum absolute atomic E-state index is 0.193. The van der Waals surface area contributed by atoms with Crippen LogP contribution in [-0.4, -0.2) is 15.9 Å². The van der Waals surface area contributed by atoms with Crippen LogP contribution in [-0.2, 0) is 0 Å². The maximum atomic E-state index is 11.9. The number of halogens is 2. The number of carbonyl (C=O) groups excluding carboxylic acids is 1. The fraction of sp³-hybridized carbons (Fsp3) is 0. The number of rotatable bonds is 2. The Morgan fingerprint density at radius 3 is 2.68 bits per heavy atom. The third kappa shape index (κ3) is 3.12. The molecule has 1 aromatic carbocycles. The Bertz CT molecular complexity index is 753. The highest BCUT2D eigenvalue weighted by Crippen LogP contribution is 2.25. The van der Waals surface area contributed by atoms with E-state index in [1.807, 2.05) is 4.98 Å². The highest BCUT2D eigenvalue weighted by Gasteiger charge is 2.12. The van der Waals surface area contributed by atoms with E-state index in [0.29, 0.717) is 15.2 Å². The van der Waals surface area contributed by atoms with Crippen LogP contribution in [0.4, 0.5) is 5.69 Å². The SMILES string of the molecule is O=C(Nc1ccc(Cl)cc1Br)c1c[nH]c(=O)[nH]c1=O. The third-order valence-electron chi connectivity index (χ3n) is 2.24. The number of amides is 1. The summed E-state index contributed by atoms with van der Waals surface area (Å²) in [7, 11) is 0. The Hall–Kier alpha value is -1.86. The van der Waals surface area contributed by atoms with Gasteiger partial charge in [0.25, 0.3) is 11.5 Å². The number of H-pyrrole nitrogens is 2. The summed E-state index contributed by atoms with van der Waals surface area (Å²) in [6.07, 6.45) is 1.06. The Kier molecular flexibility index (Phi) is 3.87. The molecular formula is C11H7BrClN3O3. The first kappa shape index (κ1) is 13.6. The number of aromatic nitrogens is 2. The molecule has 2 rings (SSSR count). The average molecular weight is 345 g/mol. The zero-order valence-corrected chi connectivity index (χ0v) is 11.6. The molecule has 1 heterocycles. The summed E-state index contributed by atoms with van der Waals surface area (Å²) in [6, 6.07) is 4.79. The van der Waals surface area contributed by atoms with Gasteiger partial charge in [0.1, 0.15) is 5.56 Å². The first-order chi connectivity index (χ1) is 8.97. The first-order valence-corrected chi connectivity index (χ1v) is 6.23. The van der Waals surface area contributed by atoms with E-state index >= 15 is 0 Å². The Labute approximate surface area is 119 Å². The van der Waals surface area contributed by atoms with Crippen LogP contribution < -0.4 is 16.6 Å². The van der Waals surface area contributed by atoms with Crippen molar-refractivity contribution in [3.05, 3.63) is 60.3 Å². The highest BCUT2D eigenvalue weighted by molar-refractivity contribution is 9.10. The first-order valence-electron chi connectivity index (χ1n) is 5.06. The van der Waals surface area contributed by atoms with Crippen molar-refractivity contribution >= 4 is 39.1 Å². The lowest BCUT2D eigenvalue weighted by atomic mass is 10.2. The second-order valence-corrected chi connectivity index (χ2v) is 4.85. The van der Waals surface area contributed by atoms with Crippen LogP contribution in [0.5, 0.6) is 0 Å². The van der Waals surface area contributed by atoms with Crippen molar-refractivity contribution in [2.24, 2.45) is 0 Å². The second kappa shape index (κ2) is 5.41. The van der Waals surface area contributed by atoms with Gasteiger partial charge in [-0.1, -0.05) is 11.6 Å². The van der Waals surface area contributed by atoms with Crippen molar-refractivity contribution in [2.45, 2.75) is 0 Å². The molecule has 1 aromatic heterocycles. The summed E-state index contributed by atoms with van der Waals surface area (Å²) in [5, 5.41) is 3.03. The lowest BCUT2D eigenvalue weighted by Gasteiger charge is -2.06. The van der Waals surface area contributed by atoms with Crippen LogP contribution in [0.3, 0.4) is 0 Å². The van der Waals surface area contributed by atoms with Crippen LogP contribution in [0.25, 0.3) is 0 Å². The van der Waals surface area contributed by atoms with Crippen LogP contribution in [0.2, 0.25) is 5.02 Å². The van der Waals surface area contributed by atoms with Gasteiger partial charge in [-0.25, -0.2) is 4.79 Å². The van der Waals surface area contributed by atoms with Crippen molar-refractivity contribution in [1.29, 1.82) is 0 Å². The second-order valence-electron chi connectivity index (χ2n) is 3.56. The molecule has 6 nitrogen and oxygen atoms in total. The van der Waals surface area contributed by atoms with Crippen molar-refractivity contribution in [2.75, 3.05) is 5.32 Å². The maximum Gasteiger partial charge on any atom is 0.325 e. The number of hydrogen-bond acceptors (Lipinski definition) is 3. The van der Waals surface area contributed by atoms with Gasteiger partial charge in [0.05, 0.1) is 5.69 Å². The van der Waals surface area contributed by atoms with Gasteiger partial charge in [-0.15, -0.1) is 0 Å². The number of hydrogen-bond donors (Lipinski definition) is 3. The molecular weight excluding hydrogens is 337 g/mol. The predicted octanol–water partition coefficient (Wildman–Crippen LogP) is 1.73. The van der Waals surface area contributed by atoms with Crippen molar-refractivity contribution < 1.29 is 4.79 Å². The van der Waals surface area contributed by atoms with E-state index in [1.165, 1.54) is 0 Å². The van der Waals surface area contributed by atoms with E-state index in [4.69, 9.17) is 11.6 Å². The summed E-state index contributed by atoms with van der Waals surface area (Å²) in [4.78, 5) is 38.4. The quantitative estimate of drug-likeness (QED) is 0.774. The van der Waals surface area contributed by atoms with Gasteiger partial charge >= 0.3 is 5.69 Å². The fourth-order valence-corrected chi connectivity index (χ4v) is 2.14. The smallest absolute Gasteiger partial charge is 0.321 e. The lowest BCUT2D eigenvalue weighted by Crippen LogP contribution is -2.29. The molecule has 19 heavy (non-hydrogen) atoms.